The topological polar surface area (TPSA) is 71.2 Å². The van der Waals surface area contributed by atoms with Crippen LogP contribution in [0.5, 0.6) is 0 Å². The molecule has 0 saturated carbocycles. The van der Waals surface area contributed by atoms with Gasteiger partial charge in [0.25, 0.3) is 0 Å². The molecular formula is C27H27BrN4O2. The first-order valence-corrected chi connectivity index (χ1v) is 12.4. The maximum absolute atomic E-state index is 11.9. The molecule has 0 bridgehead atoms. The van der Waals surface area contributed by atoms with E-state index < -0.39 is 5.97 Å². The number of hydrogen-bond acceptors (Lipinski definition) is 4. The Morgan fingerprint density at radius 2 is 2.03 bits per heavy atom. The molecule has 0 spiro atoms. The van der Waals surface area contributed by atoms with Crippen molar-refractivity contribution < 1.29 is 9.90 Å². The van der Waals surface area contributed by atoms with Gasteiger partial charge < -0.3 is 14.6 Å². The Hall–Kier alpha value is -3.19. The van der Waals surface area contributed by atoms with E-state index in [4.69, 9.17) is 4.98 Å². The van der Waals surface area contributed by atoms with Crippen LogP contribution in [0, 0.1) is 0 Å². The second-order valence-corrected chi connectivity index (χ2v) is 9.79. The molecule has 6 nitrogen and oxygen atoms in total. The summed E-state index contributed by atoms with van der Waals surface area (Å²) in [7, 11) is 2.06. The minimum Gasteiger partial charge on any atom is -0.478 e. The number of hydrogen-bond donors (Lipinski definition) is 1. The van der Waals surface area contributed by atoms with Crippen LogP contribution in [-0.4, -0.2) is 32.2 Å². The van der Waals surface area contributed by atoms with E-state index in [1.54, 1.807) is 0 Å². The van der Waals surface area contributed by atoms with E-state index >= 15 is 0 Å². The monoisotopic (exact) mass is 518 g/mol. The summed E-state index contributed by atoms with van der Waals surface area (Å²) in [6.45, 7) is 0.860. The fourth-order valence-electron chi connectivity index (χ4n) is 5.05. The fourth-order valence-corrected chi connectivity index (χ4v) is 5.47. The number of fused-ring (bicyclic) bond motifs is 1. The maximum Gasteiger partial charge on any atom is 0.339 e. The molecule has 7 heteroatoms. The van der Waals surface area contributed by atoms with Crippen molar-refractivity contribution in [1.29, 1.82) is 0 Å². The van der Waals surface area contributed by atoms with E-state index in [1.165, 1.54) is 28.2 Å². The van der Waals surface area contributed by atoms with Crippen LogP contribution in [0.4, 0.5) is 5.95 Å². The zero-order valence-electron chi connectivity index (χ0n) is 19.1. The van der Waals surface area contributed by atoms with Gasteiger partial charge >= 0.3 is 5.97 Å². The lowest BCUT2D eigenvalue weighted by Gasteiger charge is -2.25. The van der Waals surface area contributed by atoms with Crippen molar-refractivity contribution in [2.45, 2.75) is 38.1 Å². The number of carboxylic acids is 1. The van der Waals surface area contributed by atoms with Gasteiger partial charge in [0.2, 0.25) is 5.95 Å². The fraction of sp³-hybridized carbons (Fsp3) is 0.296. The normalized spacial score (nSPS) is 15.8. The summed E-state index contributed by atoms with van der Waals surface area (Å²) in [4.78, 5) is 23.4. The smallest absolute Gasteiger partial charge is 0.339 e. The van der Waals surface area contributed by atoms with Crippen molar-refractivity contribution in [2.24, 2.45) is 7.05 Å². The zero-order chi connectivity index (χ0) is 23.7. The standard InChI is InChI=1S/C27H27BrN4O2/c1-31-17-19(21-10-2-3-12-25(21)31)8-5-11-23-22(26(33)34)16-29-27(30-23)32-14-6-13-24(32)18-7-4-9-20(28)15-18/h2-4,7,9-10,12,15-17,24H,5-6,8,11,13-14H2,1H3,(H,33,34). The Balaban J connectivity index is 1.38. The average molecular weight is 519 g/mol. The third-order valence-corrected chi connectivity index (χ3v) is 7.16. The van der Waals surface area contributed by atoms with Crippen molar-refractivity contribution in [2.75, 3.05) is 11.4 Å². The summed E-state index contributed by atoms with van der Waals surface area (Å²) in [6, 6.07) is 16.9. The largest absolute Gasteiger partial charge is 0.478 e. The molecule has 174 valence electrons. The van der Waals surface area contributed by atoms with Gasteiger partial charge in [-0.15, -0.1) is 0 Å². The Bertz CT molecular complexity index is 1350. The molecule has 0 amide bonds. The summed E-state index contributed by atoms with van der Waals surface area (Å²) < 4.78 is 3.19. The lowest BCUT2D eigenvalue weighted by molar-refractivity contribution is 0.0694. The zero-order valence-corrected chi connectivity index (χ0v) is 20.7. The van der Waals surface area contributed by atoms with Gasteiger partial charge in [-0.25, -0.2) is 14.8 Å². The van der Waals surface area contributed by atoms with Crippen LogP contribution in [0.25, 0.3) is 10.9 Å². The molecule has 1 N–H and O–H groups in total. The van der Waals surface area contributed by atoms with E-state index in [9.17, 15) is 9.90 Å². The second-order valence-electron chi connectivity index (χ2n) is 8.88. The van der Waals surface area contributed by atoms with Crippen LogP contribution in [0.15, 0.2) is 65.4 Å². The molecule has 4 aromatic rings. The van der Waals surface area contributed by atoms with Gasteiger partial charge in [0.05, 0.1) is 17.3 Å². The summed E-state index contributed by atoms with van der Waals surface area (Å²) in [5.74, 6) is -0.357. The lowest BCUT2D eigenvalue weighted by atomic mass is 10.0. The van der Waals surface area contributed by atoms with Crippen LogP contribution < -0.4 is 4.90 Å². The number of aromatic carboxylic acids is 1. The minimum atomic E-state index is -0.975. The van der Waals surface area contributed by atoms with Crippen LogP contribution >= 0.6 is 15.9 Å². The molecule has 1 unspecified atom stereocenters. The van der Waals surface area contributed by atoms with E-state index in [2.05, 4.69) is 74.0 Å². The number of benzene rings is 2. The predicted molar refractivity (Wildman–Crippen MR) is 137 cm³/mol. The molecule has 1 saturated heterocycles. The first-order valence-electron chi connectivity index (χ1n) is 11.7. The van der Waals surface area contributed by atoms with Crippen molar-refractivity contribution >= 4 is 38.8 Å². The summed E-state index contributed by atoms with van der Waals surface area (Å²) in [5, 5.41) is 11.0. The van der Waals surface area contributed by atoms with Crippen LogP contribution in [0.3, 0.4) is 0 Å². The van der Waals surface area contributed by atoms with E-state index in [0.717, 1.165) is 36.7 Å². The van der Waals surface area contributed by atoms with Gasteiger partial charge in [0.1, 0.15) is 0 Å². The highest BCUT2D eigenvalue weighted by Crippen LogP contribution is 2.35. The number of aryl methyl sites for hydroxylation is 3. The van der Waals surface area contributed by atoms with E-state index in [-0.39, 0.29) is 11.6 Å². The van der Waals surface area contributed by atoms with E-state index in [1.807, 2.05) is 18.2 Å². The number of aromatic nitrogens is 3. The Labute approximate surface area is 207 Å². The van der Waals surface area contributed by atoms with Crippen molar-refractivity contribution in [1.82, 2.24) is 14.5 Å². The Kier molecular flexibility index (Phi) is 6.37. The molecule has 1 atom stereocenters. The number of halogens is 1. The number of nitrogens with zero attached hydrogens (tertiary/aromatic N) is 4. The highest BCUT2D eigenvalue weighted by molar-refractivity contribution is 9.10. The molecule has 0 aliphatic carbocycles. The van der Waals surface area contributed by atoms with Gasteiger partial charge in [-0.1, -0.05) is 46.3 Å². The minimum absolute atomic E-state index is 0.191. The van der Waals surface area contributed by atoms with Gasteiger partial charge in [-0.2, -0.15) is 0 Å². The number of para-hydroxylation sites is 1. The average Bonchev–Trinajstić information content (AvgIpc) is 3.44. The number of carbonyl (C=O) groups is 1. The number of rotatable bonds is 7. The summed E-state index contributed by atoms with van der Waals surface area (Å²) in [6.07, 6.45) is 8.00. The summed E-state index contributed by atoms with van der Waals surface area (Å²) >= 11 is 3.57. The van der Waals surface area contributed by atoms with Gasteiger partial charge in [0, 0.05) is 41.4 Å². The van der Waals surface area contributed by atoms with Gasteiger partial charge in [-0.05, 0) is 61.4 Å². The molecule has 1 fully saturated rings. The van der Waals surface area contributed by atoms with Crippen molar-refractivity contribution in [3.63, 3.8) is 0 Å². The van der Waals surface area contributed by atoms with Crippen LogP contribution in [-0.2, 0) is 19.9 Å². The number of anilines is 1. The Morgan fingerprint density at radius 3 is 2.85 bits per heavy atom. The SMILES string of the molecule is Cn1cc(CCCc2nc(N3CCCC3c3cccc(Br)c3)ncc2C(=O)O)c2ccccc21. The molecular weight excluding hydrogens is 492 g/mol. The highest BCUT2D eigenvalue weighted by Gasteiger charge is 2.29. The van der Waals surface area contributed by atoms with Crippen LogP contribution in [0.2, 0.25) is 0 Å². The van der Waals surface area contributed by atoms with Crippen molar-refractivity contribution in [3.05, 3.63) is 87.8 Å². The highest BCUT2D eigenvalue weighted by atomic mass is 79.9. The molecule has 3 heterocycles. The molecule has 0 radical (unpaired) electrons. The first-order chi connectivity index (χ1) is 16.5. The molecule has 5 rings (SSSR count). The first kappa shape index (κ1) is 22.6. The van der Waals surface area contributed by atoms with Gasteiger partial charge in [0.15, 0.2) is 0 Å². The van der Waals surface area contributed by atoms with Crippen LogP contribution in [0.1, 0.15) is 52.5 Å². The third kappa shape index (κ3) is 4.44. The second kappa shape index (κ2) is 9.58. The van der Waals surface area contributed by atoms with Gasteiger partial charge in [-0.3, -0.25) is 0 Å². The number of carboxylic acid groups (broad SMARTS) is 1. The third-order valence-electron chi connectivity index (χ3n) is 6.67. The maximum atomic E-state index is 11.9. The molecule has 1 aliphatic rings. The Morgan fingerprint density at radius 1 is 1.18 bits per heavy atom. The quantitative estimate of drug-likeness (QED) is 0.327. The predicted octanol–water partition coefficient (Wildman–Crippen LogP) is 5.95. The molecule has 2 aromatic heterocycles. The molecule has 2 aromatic carbocycles. The van der Waals surface area contributed by atoms with Crippen molar-refractivity contribution in [3.8, 4) is 0 Å². The molecule has 34 heavy (non-hydrogen) atoms. The lowest BCUT2D eigenvalue weighted by Crippen LogP contribution is -2.25. The summed E-state index contributed by atoms with van der Waals surface area (Å²) in [5.41, 5.74) is 4.51. The molecule has 1 aliphatic heterocycles. The van der Waals surface area contributed by atoms with E-state index in [0.29, 0.717) is 18.1 Å².